The number of halogens is 1. The van der Waals surface area contributed by atoms with Crippen molar-refractivity contribution in [2.75, 3.05) is 6.54 Å². The number of esters is 1. The molecule has 182 valence electrons. The minimum absolute atomic E-state index is 0.0603. The third-order valence-electron chi connectivity index (χ3n) is 5.53. The van der Waals surface area contributed by atoms with E-state index in [-0.39, 0.29) is 24.0 Å². The number of amidine groups is 1. The number of hydrogen-bond donors (Lipinski definition) is 1. The predicted octanol–water partition coefficient (Wildman–Crippen LogP) is 4.50. The third-order valence-corrected chi connectivity index (χ3v) is 6.42. The second-order valence-corrected chi connectivity index (χ2v) is 9.30. The summed E-state index contributed by atoms with van der Waals surface area (Å²) >= 11 is 1.35. The largest absolute Gasteiger partial charge is 0.459 e. The number of benzene rings is 1. The molecule has 3 heterocycles. The molecule has 0 aliphatic carbocycles. The Morgan fingerprint density at radius 2 is 1.97 bits per heavy atom. The van der Waals surface area contributed by atoms with E-state index >= 15 is 4.39 Å². The number of carbonyl (C=O) groups excluding carboxylic acids is 2. The summed E-state index contributed by atoms with van der Waals surface area (Å²) in [6.07, 6.45) is 2.05. The highest BCUT2D eigenvalue weighted by Gasteiger charge is 2.42. The van der Waals surface area contributed by atoms with Crippen molar-refractivity contribution < 1.29 is 18.7 Å². The van der Waals surface area contributed by atoms with Crippen molar-refractivity contribution in [1.82, 2.24) is 15.2 Å². The molecule has 0 bridgehead atoms. The van der Waals surface area contributed by atoms with Crippen LogP contribution in [0.15, 0.2) is 76.0 Å². The highest BCUT2D eigenvalue weighted by Crippen LogP contribution is 2.45. The number of aromatic nitrogens is 1. The number of fused-ring (bicyclic) bond motifs is 1. The normalized spacial score (nSPS) is 17.2. The summed E-state index contributed by atoms with van der Waals surface area (Å²) in [7, 11) is 0. The number of thioether (sulfide) groups is 1. The van der Waals surface area contributed by atoms with E-state index in [1.165, 1.54) is 17.8 Å². The van der Waals surface area contributed by atoms with Crippen molar-refractivity contribution >= 4 is 28.8 Å². The number of amides is 1. The Kier molecular flexibility index (Phi) is 7.65. The average Bonchev–Trinajstić information content (AvgIpc) is 3.20. The fourth-order valence-electron chi connectivity index (χ4n) is 4.00. The van der Waals surface area contributed by atoms with Crippen LogP contribution in [0.3, 0.4) is 0 Å². The topological polar surface area (TPSA) is 83.9 Å². The van der Waals surface area contributed by atoms with Gasteiger partial charge in [0.15, 0.2) is 5.17 Å². The van der Waals surface area contributed by atoms with E-state index in [4.69, 9.17) is 4.74 Å². The smallest absolute Gasteiger partial charge is 0.338 e. The Hall–Kier alpha value is -3.46. The van der Waals surface area contributed by atoms with E-state index in [2.05, 4.69) is 15.3 Å². The Bertz CT molecular complexity index is 1210. The summed E-state index contributed by atoms with van der Waals surface area (Å²) in [6, 6.07) is 11.2. The van der Waals surface area contributed by atoms with Crippen molar-refractivity contribution in [3.8, 4) is 0 Å². The first-order valence-corrected chi connectivity index (χ1v) is 12.3. The molecule has 1 aromatic heterocycles. The fraction of sp³-hybridized carbons (Fsp3) is 0.308. The zero-order chi connectivity index (χ0) is 24.9. The molecule has 1 amide bonds. The van der Waals surface area contributed by atoms with Gasteiger partial charge >= 0.3 is 5.97 Å². The molecule has 7 nitrogen and oxygen atoms in total. The van der Waals surface area contributed by atoms with Gasteiger partial charge in [0, 0.05) is 36.1 Å². The Morgan fingerprint density at radius 3 is 2.69 bits per heavy atom. The van der Waals surface area contributed by atoms with Crippen LogP contribution in [0.25, 0.3) is 0 Å². The zero-order valence-electron chi connectivity index (χ0n) is 19.8. The van der Waals surface area contributed by atoms with E-state index in [1.807, 2.05) is 23.6 Å². The van der Waals surface area contributed by atoms with Gasteiger partial charge < -0.3 is 15.0 Å². The van der Waals surface area contributed by atoms with Gasteiger partial charge in [0.05, 0.1) is 29.8 Å². The lowest BCUT2D eigenvalue weighted by Gasteiger charge is -2.36. The van der Waals surface area contributed by atoms with Gasteiger partial charge in [0.25, 0.3) is 0 Å². The maximum Gasteiger partial charge on any atom is 0.338 e. The van der Waals surface area contributed by atoms with Gasteiger partial charge in [-0.15, -0.1) is 0 Å². The van der Waals surface area contributed by atoms with Gasteiger partial charge in [-0.2, -0.15) is 0 Å². The lowest BCUT2D eigenvalue weighted by atomic mass is 9.93. The summed E-state index contributed by atoms with van der Waals surface area (Å²) in [5, 5.41) is 5.33. The van der Waals surface area contributed by atoms with Crippen LogP contribution in [-0.4, -0.2) is 39.6 Å². The molecule has 0 saturated carbocycles. The molecule has 2 aliphatic heterocycles. The number of aliphatic imine (C=N–C) groups is 1. The fourth-order valence-corrected chi connectivity index (χ4v) is 4.97. The minimum Gasteiger partial charge on any atom is -0.459 e. The molecular weight excluding hydrogens is 467 g/mol. The lowest BCUT2D eigenvalue weighted by molar-refractivity contribution is -0.143. The van der Waals surface area contributed by atoms with Gasteiger partial charge in [0.1, 0.15) is 5.82 Å². The van der Waals surface area contributed by atoms with Crippen LogP contribution in [0.5, 0.6) is 0 Å². The number of allylic oxidation sites excluding steroid dienone is 1. The Balaban J connectivity index is 1.57. The second kappa shape index (κ2) is 10.9. The highest BCUT2D eigenvalue weighted by atomic mass is 32.2. The van der Waals surface area contributed by atoms with E-state index in [9.17, 15) is 9.59 Å². The molecule has 2 aromatic rings. The van der Waals surface area contributed by atoms with Gasteiger partial charge in [-0.3, -0.25) is 9.78 Å². The molecule has 1 aromatic carbocycles. The van der Waals surface area contributed by atoms with E-state index in [0.717, 1.165) is 5.69 Å². The molecule has 1 unspecified atom stereocenters. The summed E-state index contributed by atoms with van der Waals surface area (Å²) in [6.45, 7) is 5.68. The van der Waals surface area contributed by atoms with Crippen LogP contribution in [-0.2, 0) is 20.7 Å². The van der Waals surface area contributed by atoms with E-state index in [1.54, 1.807) is 50.1 Å². The molecule has 0 radical (unpaired) electrons. The molecule has 0 spiro atoms. The predicted molar refractivity (Wildman–Crippen MR) is 134 cm³/mol. The van der Waals surface area contributed by atoms with Gasteiger partial charge in [-0.05, 0) is 44.4 Å². The lowest BCUT2D eigenvalue weighted by Crippen LogP contribution is -2.39. The number of hydrogen-bond acceptors (Lipinski definition) is 7. The van der Waals surface area contributed by atoms with Crippen molar-refractivity contribution in [2.24, 2.45) is 4.99 Å². The van der Waals surface area contributed by atoms with Crippen LogP contribution in [0.4, 0.5) is 4.39 Å². The van der Waals surface area contributed by atoms with E-state index < -0.39 is 17.8 Å². The molecule has 1 atom stereocenters. The van der Waals surface area contributed by atoms with Crippen molar-refractivity contribution in [3.05, 3.63) is 88.1 Å². The molecule has 2 aliphatic rings. The monoisotopic (exact) mass is 494 g/mol. The quantitative estimate of drug-likeness (QED) is 0.544. The maximum absolute atomic E-state index is 15.0. The molecule has 0 fully saturated rings. The molecule has 0 saturated heterocycles. The Labute approximate surface area is 208 Å². The van der Waals surface area contributed by atoms with Crippen LogP contribution in [0, 0.1) is 5.82 Å². The summed E-state index contributed by atoms with van der Waals surface area (Å²) in [4.78, 5) is 36.5. The maximum atomic E-state index is 15.0. The summed E-state index contributed by atoms with van der Waals surface area (Å²) in [5.74, 6) is -1.18. The number of rotatable bonds is 8. The van der Waals surface area contributed by atoms with Crippen LogP contribution in [0.1, 0.15) is 44.5 Å². The molecule has 35 heavy (non-hydrogen) atoms. The third kappa shape index (κ3) is 5.62. The van der Waals surface area contributed by atoms with Crippen molar-refractivity contribution in [1.29, 1.82) is 0 Å². The van der Waals surface area contributed by atoms with E-state index in [0.29, 0.717) is 35.1 Å². The van der Waals surface area contributed by atoms with Crippen LogP contribution in [0.2, 0.25) is 0 Å². The van der Waals surface area contributed by atoms with Crippen LogP contribution >= 0.6 is 11.8 Å². The summed E-state index contributed by atoms with van der Waals surface area (Å²) in [5.41, 5.74) is 2.58. The number of pyridine rings is 1. The first kappa shape index (κ1) is 24.7. The van der Waals surface area contributed by atoms with Crippen molar-refractivity contribution in [2.45, 2.75) is 45.8 Å². The van der Waals surface area contributed by atoms with Gasteiger partial charge in [0.2, 0.25) is 5.91 Å². The number of ether oxygens (including phenoxy) is 1. The molecule has 4 rings (SSSR count). The highest BCUT2D eigenvalue weighted by molar-refractivity contribution is 8.16. The molecule has 9 heteroatoms. The SMILES string of the molecule is CC1=C(C(=O)OC(C)C)C(c2ccccc2F)N2C(CC(=O)NCCc3ccccn3)=CSC2=N1. The number of nitrogens with one attached hydrogen (secondary N) is 1. The van der Waals surface area contributed by atoms with Crippen LogP contribution < -0.4 is 5.32 Å². The van der Waals surface area contributed by atoms with Gasteiger partial charge in [-0.25, -0.2) is 14.2 Å². The second-order valence-electron chi connectivity index (χ2n) is 8.47. The minimum atomic E-state index is -0.794. The number of nitrogens with zero attached hydrogens (tertiary/aromatic N) is 3. The zero-order valence-corrected chi connectivity index (χ0v) is 20.6. The first-order chi connectivity index (χ1) is 16.8. The van der Waals surface area contributed by atoms with Gasteiger partial charge in [-0.1, -0.05) is 36.0 Å². The Morgan fingerprint density at radius 1 is 1.20 bits per heavy atom. The molecular formula is C26H27FN4O3S. The molecule has 1 N–H and O–H groups in total. The number of carbonyl (C=O) groups is 2. The summed E-state index contributed by atoms with van der Waals surface area (Å²) < 4.78 is 20.5. The average molecular weight is 495 g/mol. The standard InChI is InChI=1S/C26H27FN4O3S/c1-16(2)34-25(33)23-17(3)30-26-31(24(23)20-9-4-5-10-21(20)27)19(15-35-26)14-22(32)29-13-11-18-8-6-7-12-28-18/h4-10,12,15-16,24H,11,13-14H2,1-3H3,(H,29,32). The van der Waals surface area contributed by atoms with Crippen molar-refractivity contribution in [3.63, 3.8) is 0 Å². The first-order valence-electron chi connectivity index (χ1n) is 11.4.